The predicted molar refractivity (Wildman–Crippen MR) is 115 cm³/mol. The topological polar surface area (TPSA) is 76.8 Å². The Morgan fingerprint density at radius 2 is 1.08 bits per heavy atom. The molecule has 2 rings (SSSR count). The largest absolute Gasteiger partial charge is 0.378 e. The molecule has 0 aliphatic rings. The SMILES string of the molecule is Br.NC(=Nc1ccccc1)SCCCSC(N)=Nc1ccccc1. The summed E-state index contributed by atoms with van der Waals surface area (Å²) in [6, 6.07) is 19.4. The molecule has 24 heavy (non-hydrogen) atoms. The van der Waals surface area contributed by atoms with Crippen LogP contribution in [0, 0.1) is 0 Å². The summed E-state index contributed by atoms with van der Waals surface area (Å²) in [6.07, 6.45) is 0.991. The van der Waals surface area contributed by atoms with Crippen LogP contribution in [0.4, 0.5) is 11.4 Å². The van der Waals surface area contributed by atoms with E-state index < -0.39 is 0 Å². The molecule has 2 aromatic rings. The molecule has 0 unspecified atom stereocenters. The maximum absolute atomic E-state index is 5.91. The smallest absolute Gasteiger partial charge is 0.159 e. The van der Waals surface area contributed by atoms with Crippen LogP contribution in [0.3, 0.4) is 0 Å². The van der Waals surface area contributed by atoms with E-state index in [2.05, 4.69) is 9.98 Å². The highest BCUT2D eigenvalue weighted by molar-refractivity contribution is 8.93. The summed E-state index contributed by atoms with van der Waals surface area (Å²) in [4.78, 5) is 8.70. The molecule has 0 heterocycles. The van der Waals surface area contributed by atoms with Gasteiger partial charge in [0, 0.05) is 11.5 Å². The molecule has 0 saturated heterocycles. The second kappa shape index (κ2) is 12.0. The first-order valence-corrected chi connectivity index (χ1v) is 9.25. The van der Waals surface area contributed by atoms with E-state index in [-0.39, 0.29) is 17.0 Å². The van der Waals surface area contributed by atoms with E-state index >= 15 is 0 Å². The molecular weight excluding hydrogens is 404 g/mol. The van der Waals surface area contributed by atoms with Gasteiger partial charge in [-0.3, -0.25) is 0 Å². The maximum Gasteiger partial charge on any atom is 0.159 e. The number of nitrogens with two attached hydrogens (primary N) is 2. The lowest BCUT2D eigenvalue weighted by molar-refractivity contribution is 1.13. The minimum atomic E-state index is 0. The Bertz CT molecular complexity index is 591. The van der Waals surface area contributed by atoms with Crippen molar-refractivity contribution < 1.29 is 0 Å². The summed E-state index contributed by atoms with van der Waals surface area (Å²) in [5, 5.41) is 1.18. The fourth-order valence-electron chi connectivity index (χ4n) is 1.74. The Kier molecular flexibility index (Phi) is 10.3. The number of aliphatic imine (C=N–C) groups is 2. The summed E-state index contributed by atoms with van der Waals surface area (Å²) < 4.78 is 0. The van der Waals surface area contributed by atoms with Crippen molar-refractivity contribution in [1.29, 1.82) is 0 Å². The number of para-hydroxylation sites is 2. The van der Waals surface area contributed by atoms with E-state index in [4.69, 9.17) is 11.5 Å². The quantitative estimate of drug-likeness (QED) is 0.399. The molecular formula is C17H21BrN4S2. The number of rotatable bonds is 6. The van der Waals surface area contributed by atoms with Gasteiger partial charge in [0.2, 0.25) is 0 Å². The molecule has 0 aliphatic heterocycles. The number of amidine groups is 2. The lowest BCUT2D eigenvalue weighted by atomic mass is 10.3. The minimum Gasteiger partial charge on any atom is -0.378 e. The highest BCUT2D eigenvalue weighted by Crippen LogP contribution is 2.16. The van der Waals surface area contributed by atoms with Crippen LogP contribution >= 0.6 is 40.5 Å². The van der Waals surface area contributed by atoms with Crippen LogP contribution in [-0.4, -0.2) is 21.8 Å². The third-order valence-electron chi connectivity index (χ3n) is 2.78. The van der Waals surface area contributed by atoms with Crippen molar-refractivity contribution in [3.63, 3.8) is 0 Å². The Balaban J connectivity index is 0.00000288. The Morgan fingerprint density at radius 3 is 1.46 bits per heavy atom. The summed E-state index contributed by atoms with van der Waals surface area (Å²) in [5.74, 6) is 1.82. The molecule has 0 atom stereocenters. The Hall–Kier alpha value is -1.44. The first-order valence-electron chi connectivity index (χ1n) is 7.28. The minimum absolute atomic E-state index is 0. The van der Waals surface area contributed by atoms with Crippen molar-refractivity contribution in [1.82, 2.24) is 0 Å². The van der Waals surface area contributed by atoms with E-state index in [1.54, 1.807) is 23.5 Å². The molecule has 7 heteroatoms. The molecule has 0 bridgehead atoms. The average molecular weight is 425 g/mol. The van der Waals surface area contributed by atoms with Crippen molar-refractivity contribution >= 4 is 62.2 Å². The van der Waals surface area contributed by atoms with Gasteiger partial charge in [-0.1, -0.05) is 59.9 Å². The van der Waals surface area contributed by atoms with E-state index in [0.717, 1.165) is 29.3 Å². The maximum atomic E-state index is 5.91. The zero-order chi connectivity index (χ0) is 16.3. The van der Waals surface area contributed by atoms with Gasteiger partial charge in [0.15, 0.2) is 10.3 Å². The highest BCUT2D eigenvalue weighted by Gasteiger charge is 1.98. The van der Waals surface area contributed by atoms with E-state index in [1.807, 2.05) is 60.7 Å². The van der Waals surface area contributed by atoms with Gasteiger partial charge in [-0.05, 0) is 30.7 Å². The fraction of sp³-hybridized carbons (Fsp3) is 0.176. The van der Waals surface area contributed by atoms with Crippen LogP contribution in [0.5, 0.6) is 0 Å². The molecule has 4 N–H and O–H groups in total. The number of benzene rings is 2. The monoisotopic (exact) mass is 424 g/mol. The number of thioether (sulfide) groups is 2. The molecule has 0 radical (unpaired) electrons. The highest BCUT2D eigenvalue weighted by atomic mass is 79.9. The first-order chi connectivity index (χ1) is 11.2. The van der Waals surface area contributed by atoms with Gasteiger partial charge >= 0.3 is 0 Å². The van der Waals surface area contributed by atoms with Crippen molar-refractivity contribution in [3.8, 4) is 0 Å². The standard InChI is InChI=1S/C17H20N4S2.BrH/c18-16(20-14-8-3-1-4-9-14)22-12-7-13-23-17(19)21-15-10-5-2-6-11-15;/h1-6,8-11H,7,12-13H2,(H2,18,20)(H2,19,21);1H. The molecule has 4 nitrogen and oxygen atoms in total. The van der Waals surface area contributed by atoms with Gasteiger partial charge < -0.3 is 11.5 Å². The number of hydrogen-bond acceptors (Lipinski definition) is 4. The zero-order valence-electron chi connectivity index (χ0n) is 13.2. The van der Waals surface area contributed by atoms with Crippen molar-refractivity contribution in [2.24, 2.45) is 21.5 Å². The summed E-state index contributed by atoms with van der Waals surface area (Å²) in [7, 11) is 0. The zero-order valence-corrected chi connectivity index (χ0v) is 16.5. The molecule has 2 aromatic carbocycles. The van der Waals surface area contributed by atoms with Crippen molar-refractivity contribution in [3.05, 3.63) is 60.7 Å². The lowest BCUT2D eigenvalue weighted by Gasteiger charge is -2.02. The summed E-state index contributed by atoms with van der Waals surface area (Å²) in [6.45, 7) is 0. The first kappa shape index (κ1) is 20.6. The Labute approximate surface area is 162 Å². The normalized spacial score (nSPS) is 11.8. The second-order valence-corrected chi connectivity index (χ2v) is 6.85. The average Bonchev–Trinajstić information content (AvgIpc) is 2.56. The van der Waals surface area contributed by atoms with Crippen molar-refractivity contribution in [2.45, 2.75) is 6.42 Å². The summed E-state index contributed by atoms with van der Waals surface area (Å²) >= 11 is 3.12. The van der Waals surface area contributed by atoms with Crippen LogP contribution < -0.4 is 11.5 Å². The van der Waals surface area contributed by atoms with E-state index in [1.165, 1.54) is 0 Å². The molecule has 0 aliphatic carbocycles. The van der Waals surface area contributed by atoms with Gasteiger partial charge in [-0.25, -0.2) is 9.98 Å². The van der Waals surface area contributed by atoms with Gasteiger partial charge in [-0.15, -0.1) is 17.0 Å². The van der Waals surface area contributed by atoms with Crippen LogP contribution in [-0.2, 0) is 0 Å². The van der Waals surface area contributed by atoms with Crippen molar-refractivity contribution in [2.75, 3.05) is 11.5 Å². The molecule has 0 fully saturated rings. The number of nitrogens with zero attached hydrogens (tertiary/aromatic N) is 2. The van der Waals surface area contributed by atoms with Gasteiger partial charge in [0.1, 0.15) is 0 Å². The molecule has 0 spiro atoms. The van der Waals surface area contributed by atoms with Gasteiger partial charge in [0.05, 0.1) is 11.4 Å². The van der Waals surface area contributed by atoms with Crippen LogP contribution in [0.1, 0.15) is 6.42 Å². The lowest BCUT2D eigenvalue weighted by Crippen LogP contribution is -2.09. The third kappa shape index (κ3) is 8.42. The van der Waals surface area contributed by atoms with Crippen LogP contribution in [0.25, 0.3) is 0 Å². The van der Waals surface area contributed by atoms with Crippen LogP contribution in [0.2, 0.25) is 0 Å². The van der Waals surface area contributed by atoms with E-state index in [9.17, 15) is 0 Å². The van der Waals surface area contributed by atoms with Gasteiger partial charge in [-0.2, -0.15) is 0 Å². The van der Waals surface area contributed by atoms with E-state index in [0.29, 0.717) is 10.3 Å². The summed E-state index contributed by atoms with van der Waals surface area (Å²) in [5.41, 5.74) is 13.6. The van der Waals surface area contributed by atoms with Gasteiger partial charge in [0.25, 0.3) is 0 Å². The number of halogens is 1. The molecule has 0 aromatic heterocycles. The second-order valence-electron chi connectivity index (χ2n) is 4.62. The predicted octanol–water partition coefficient (Wildman–Crippen LogP) is 4.71. The molecule has 0 amide bonds. The molecule has 0 saturated carbocycles. The molecule has 128 valence electrons. The third-order valence-corrected chi connectivity index (χ3v) is 4.54. The fourth-order valence-corrected chi connectivity index (χ4v) is 3.25. The van der Waals surface area contributed by atoms with Crippen LogP contribution in [0.15, 0.2) is 70.6 Å². The Morgan fingerprint density at radius 1 is 0.708 bits per heavy atom. The number of hydrogen-bond donors (Lipinski definition) is 2.